The molecule has 0 bridgehead atoms. The monoisotopic (exact) mass is 872 g/mol. The van der Waals surface area contributed by atoms with Crippen LogP contribution in [0.2, 0.25) is 0 Å². The second-order valence-corrected chi connectivity index (χ2v) is 14.5. The second-order valence-electron chi connectivity index (χ2n) is 13.6. The van der Waals surface area contributed by atoms with E-state index in [4.69, 9.17) is 5.11 Å². The molecule has 2 amide bonds. The van der Waals surface area contributed by atoms with Gasteiger partial charge in [0.2, 0.25) is 11.8 Å². The van der Waals surface area contributed by atoms with Crippen LogP contribution >= 0.6 is 15.9 Å². The molecule has 0 spiro atoms. The fourth-order valence-electron chi connectivity index (χ4n) is 7.02. The van der Waals surface area contributed by atoms with E-state index in [0.717, 1.165) is 26.9 Å². The predicted molar refractivity (Wildman–Crippen MR) is 222 cm³/mol. The van der Waals surface area contributed by atoms with Crippen molar-refractivity contribution in [3.63, 3.8) is 0 Å². The summed E-state index contributed by atoms with van der Waals surface area (Å²) < 4.78 is 4.25. The molecular weight excluding hydrogens is 840 g/mol. The van der Waals surface area contributed by atoms with Gasteiger partial charge in [0.1, 0.15) is 12.1 Å². The van der Waals surface area contributed by atoms with Crippen LogP contribution < -0.4 is 32.3 Å². The van der Waals surface area contributed by atoms with E-state index in [1.165, 1.54) is 70.4 Å². The molecule has 2 aliphatic rings. The Morgan fingerprint density at radius 1 is 0.500 bits per heavy atom. The van der Waals surface area contributed by atoms with Gasteiger partial charge in [-0.15, -0.1) is 0 Å². The third-order valence-corrected chi connectivity index (χ3v) is 10.6. The van der Waals surface area contributed by atoms with Gasteiger partial charge < -0.3 is 14.9 Å². The van der Waals surface area contributed by atoms with Crippen LogP contribution in [0.5, 0.6) is 0 Å². The molecule has 1 N–H and O–H groups in total. The SMILES string of the molecule is O=C(O)c1ccc(N2CCC(n3ccc(=O)n(C(=O)c4ccccc4)c3=O)C2=O)cc1.O=C1C(n2ccc(=O)n(C(=O)c3ccccc3)c2=O)CCN1c1ccc(Br)cc1. The molecule has 2 unspecified atom stereocenters. The van der Waals surface area contributed by atoms with Crippen molar-refractivity contribution in [1.29, 1.82) is 0 Å². The molecule has 60 heavy (non-hydrogen) atoms. The zero-order valence-corrected chi connectivity index (χ0v) is 33.0. The molecule has 0 radical (unpaired) electrons. The number of benzene rings is 4. The number of amides is 2. The standard InChI is InChI=1S/C22H17N3O6.C21H16BrN3O4/c26-18-11-13-24(22(31)25(18)19(27)14-4-2-1-3-5-14)17-10-12-23(20(17)28)16-8-6-15(7-9-16)21(29)30;22-15-6-8-16(9-7-15)23-12-10-17(20(23)28)24-13-11-18(26)25(21(24)29)19(27)14-4-2-1-3-5-14/h1-9,11,13,17H,10,12H2,(H,29,30);1-9,11,13,17H,10,12H2. The number of nitrogens with zero attached hydrogens (tertiary/aromatic N) is 6. The fraction of sp³-hybridized carbons (Fsp3) is 0.140. The van der Waals surface area contributed by atoms with Crippen LogP contribution in [0.1, 0.15) is 56.0 Å². The number of carboxylic acids is 1. The first-order valence-corrected chi connectivity index (χ1v) is 19.2. The summed E-state index contributed by atoms with van der Waals surface area (Å²) in [5.74, 6) is -3.20. The van der Waals surface area contributed by atoms with Gasteiger partial charge in [-0.3, -0.25) is 37.9 Å². The Labute approximate surface area is 347 Å². The normalized spacial score (nSPS) is 16.0. The fourth-order valence-corrected chi connectivity index (χ4v) is 7.28. The van der Waals surface area contributed by atoms with Crippen molar-refractivity contribution in [2.24, 2.45) is 0 Å². The van der Waals surface area contributed by atoms with Gasteiger partial charge in [-0.05, 0) is 85.6 Å². The van der Waals surface area contributed by atoms with Gasteiger partial charge in [-0.2, -0.15) is 9.13 Å². The van der Waals surface area contributed by atoms with E-state index in [0.29, 0.717) is 34.3 Å². The van der Waals surface area contributed by atoms with Gasteiger partial charge in [-0.25, -0.2) is 14.4 Å². The summed E-state index contributed by atoms with van der Waals surface area (Å²) in [6, 6.07) is 29.7. The summed E-state index contributed by atoms with van der Waals surface area (Å²) in [6.07, 6.45) is 3.19. The van der Waals surface area contributed by atoms with Crippen LogP contribution in [-0.2, 0) is 9.59 Å². The molecule has 17 heteroatoms. The van der Waals surface area contributed by atoms with E-state index in [2.05, 4.69) is 15.9 Å². The Balaban J connectivity index is 0.000000182. The van der Waals surface area contributed by atoms with Crippen molar-refractivity contribution < 1.29 is 29.1 Å². The lowest BCUT2D eigenvalue weighted by molar-refractivity contribution is -0.120. The third kappa shape index (κ3) is 7.97. The number of hydrogen-bond donors (Lipinski definition) is 1. The van der Waals surface area contributed by atoms with Crippen LogP contribution in [-0.4, -0.2) is 66.1 Å². The molecular formula is C43H33BrN6O10. The zero-order chi connectivity index (χ0) is 42.7. The van der Waals surface area contributed by atoms with Crippen molar-refractivity contribution in [2.45, 2.75) is 24.9 Å². The quantitative estimate of drug-likeness (QED) is 0.246. The van der Waals surface area contributed by atoms with E-state index >= 15 is 0 Å². The number of halogens is 1. The molecule has 6 aromatic rings. The molecule has 4 heterocycles. The summed E-state index contributed by atoms with van der Waals surface area (Å²) in [5.41, 5.74) is -1.49. The number of carboxylic acid groups (broad SMARTS) is 1. The Morgan fingerprint density at radius 3 is 1.27 bits per heavy atom. The highest BCUT2D eigenvalue weighted by Crippen LogP contribution is 2.29. The molecule has 8 rings (SSSR count). The van der Waals surface area contributed by atoms with Crippen LogP contribution in [0.3, 0.4) is 0 Å². The predicted octanol–water partition coefficient (Wildman–Crippen LogP) is 3.81. The van der Waals surface area contributed by atoms with Crippen molar-refractivity contribution >= 4 is 56.9 Å². The molecule has 0 aliphatic carbocycles. The average molecular weight is 874 g/mol. The van der Waals surface area contributed by atoms with E-state index in [1.807, 2.05) is 24.3 Å². The first-order chi connectivity index (χ1) is 28.8. The average Bonchev–Trinajstić information content (AvgIpc) is 3.83. The Bertz CT molecular complexity index is 2890. The van der Waals surface area contributed by atoms with E-state index < -0.39 is 52.4 Å². The number of aromatic carboxylic acids is 1. The third-order valence-electron chi connectivity index (χ3n) is 10.1. The smallest absolute Gasteiger partial charge is 0.338 e. The van der Waals surface area contributed by atoms with Gasteiger partial charge in [0.05, 0.1) is 5.56 Å². The molecule has 16 nitrogen and oxygen atoms in total. The number of carbonyl (C=O) groups is 5. The minimum Gasteiger partial charge on any atom is -0.478 e. The van der Waals surface area contributed by atoms with Crippen molar-refractivity contribution in [3.05, 3.63) is 197 Å². The first-order valence-electron chi connectivity index (χ1n) is 18.5. The maximum absolute atomic E-state index is 13.0. The van der Waals surface area contributed by atoms with Crippen LogP contribution in [0, 0.1) is 0 Å². The van der Waals surface area contributed by atoms with Crippen LogP contribution in [0.25, 0.3) is 0 Å². The number of carbonyl (C=O) groups excluding carboxylic acids is 4. The van der Waals surface area contributed by atoms with Gasteiger partial charge in [-0.1, -0.05) is 52.3 Å². The summed E-state index contributed by atoms with van der Waals surface area (Å²) in [6.45, 7) is 0.734. The Kier molecular flexibility index (Phi) is 11.6. The second kappa shape index (κ2) is 17.1. The minimum atomic E-state index is -1.07. The Hall–Kier alpha value is -7.53. The molecule has 4 aromatic carbocycles. The number of aromatic nitrogens is 4. The van der Waals surface area contributed by atoms with Gasteiger partial charge >= 0.3 is 17.3 Å². The van der Waals surface area contributed by atoms with Gasteiger partial charge in [0.25, 0.3) is 22.9 Å². The first kappa shape index (κ1) is 40.7. The zero-order valence-electron chi connectivity index (χ0n) is 31.4. The Morgan fingerprint density at radius 2 is 0.883 bits per heavy atom. The minimum absolute atomic E-state index is 0.0923. The highest BCUT2D eigenvalue weighted by atomic mass is 79.9. The lowest BCUT2D eigenvalue weighted by Gasteiger charge is -2.18. The van der Waals surface area contributed by atoms with Crippen LogP contribution in [0.4, 0.5) is 11.4 Å². The van der Waals surface area contributed by atoms with Crippen LogP contribution in [0.15, 0.2) is 157 Å². The lowest BCUT2D eigenvalue weighted by atomic mass is 10.2. The number of hydrogen-bond acceptors (Lipinski definition) is 9. The molecule has 2 saturated heterocycles. The highest BCUT2D eigenvalue weighted by Gasteiger charge is 2.36. The number of rotatable bonds is 7. The largest absolute Gasteiger partial charge is 0.478 e. The van der Waals surface area contributed by atoms with Crippen molar-refractivity contribution in [3.8, 4) is 0 Å². The lowest BCUT2D eigenvalue weighted by Crippen LogP contribution is -2.45. The highest BCUT2D eigenvalue weighted by molar-refractivity contribution is 9.10. The molecule has 0 saturated carbocycles. The van der Waals surface area contributed by atoms with Crippen molar-refractivity contribution in [2.75, 3.05) is 22.9 Å². The van der Waals surface area contributed by atoms with Gasteiger partial charge in [0, 0.05) is 64.6 Å². The molecule has 2 fully saturated rings. The van der Waals surface area contributed by atoms with Gasteiger partial charge in [0.15, 0.2) is 0 Å². The summed E-state index contributed by atoms with van der Waals surface area (Å²) in [5, 5.41) is 9.02. The van der Waals surface area contributed by atoms with Crippen molar-refractivity contribution in [1.82, 2.24) is 18.3 Å². The molecule has 2 aromatic heterocycles. The maximum atomic E-state index is 13.0. The van der Waals surface area contributed by atoms with E-state index in [9.17, 15) is 43.2 Å². The summed E-state index contributed by atoms with van der Waals surface area (Å²) in [4.78, 5) is 116. The molecule has 2 atom stereocenters. The molecule has 302 valence electrons. The molecule has 2 aliphatic heterocycles. The topological polar surface area (TPSA) is 200 Å². The number of anilines is 2. The maximum Gasteiger partial charge on any atom is 0.338 e. The van der Waals surface area contributed by atoms with E-state index in [1.54, 1.807) is 41.3 Å². The summed E-state index contributed by atoms with van der Waals surface area (Å²) in [7, 11) is 0. The van der Waals surface area contributed by atoms with E-state index in [-0.39, 0.29) is 34.9 Å². The summed E-state index contributed by atoms with van der Waals surface area (Å²) >= 11 is 3.36.